The van der Waals surface area contributed by atoms with E-state index in [-0.39, 0.29) is 38.1 Å². The SMILES string of the molecule is [2H]C([2H])([2H])c1c[c-]c(-c2ccc(C([2H])([2H])C(C)(C)C)cn2)cc1.[2H]Cc1cc(-c2[c-]ccc3c2oc2cc4c(ccc5cc(C6([2H])CCC7(CCCCC7)CC6)ccc54)cc23)ncc1C([2H])([2H])[2H].[Ir]. The third kappa shape index (κ3) is 8.68. The molecule has 2 fully saturated rings. The molecule has 2 aliphatic carbocycles. The molecule has 2 saturated carbocycles. The molecule has 59 heavy (non-hydrogen) atoms. The van der Waals surface area contributed by atoms with Crippen LogP contribution >= 0.6 is 0 Å². The summed E-state index contributed by atoms with van der Waals surface area (Å²) in [5.74, 6) is -0.517. The number of nitrogens with zero attached hydrogens (tertiary/aromatic N) is 2. The Hall–Kier alpha value is -4.63. The normalized spacial score (nSPS) is 19.4. The van der Waals surface area contributed by atoms with Crippen molar-refractivity contribution in [2.45, 2.75) is 111 Å². The number of hydrogen-bond acceptors (Lipinski definition) is 3. The molecule has 0 amide bonds. The van der Waals surface area contributed by atoms with Crippen molar-refractivity contribution in [3.63, 3.8) is 0 Å². The molecular weight excluding hydrogens is 897 g/mol. The number of furan rings is 1. The monoisotopic (exact) mass is 963 g/mol. The Morgan fingerprint density at radius 2 is 1.58 bits per heavy atom. The van der Waals surface area contributed by atoms with Crippen LogP contribution < -0.4 is 0 Å². The van der Waals surface area contributed by atoms with Crippen LogP contribution in [0.3, 0.4) is 0 Å². The molecule has 3 aromatic heterocycles. The maximum absolute atomic E-state index is 9.47. The van der Waals surface area contributed by atoms with Crippen molar-refractivity contribution in [3.8, 4) is 22.5 Å². The van der Waals surface area contributed by atoms with Gasteiger partial charge in [-0.1, -0.05) is 112 Å². The Morgan fingerprint density at radius 1 is 0.763 bits per heavy atom. The summed E-state index contributed by atoms with van der Waals surface area (Å²) < 4.78 is 85.9. The van der Waals surface area contributed by atoms with E-state index in [1.807, 2.05) is 32.9 Å². The van der Waals surface area contributed by atoms with Gasteiger partial charge in [0.1, 0.15) is 5.58 Å². The maximum Gasteiger partial charge on any atom is 0.121 e. The van der Waals surface area contributed by atoms with Crippen molar-refractivity contribution in [3.05, 3.63) is 143 Å². The molecule has 8 aromatic rings. The van der Waals surface area contributed by atoms with Gasteiger partial charge in [-0.05, 0) is 137 Å². The molecule has 0 atom stereocenters. The number of rotatable bonds is 4. The fraction of sp³-hybridized carbons (Fsp3) is 0.345. The summed E-state index contributed by atoms with van der Waals surface area (Å²) in [6, 6.07) is 35.1. The molecule has 1 spiro atoms. The van der Waals surface area contributed by atoms with Gasteiger partial charge in [0, 0.05) is 51.6 Å². The number of hydrogen-bond donors (Lipinski definition) is 0. The second kappa shape index (κ2) is 16.8. The van der Waals surface area contributed by atoms with Crippen LogP contribution in [-0.2, 0) is 26.5 Å². The van der Waals surface area contributed by atoms with Crippen LogP contribution in [0.2, 0.25) is 0 Å². The van der Waals surface area contributed by atoms with Gasteiger partial charge < -0.3 is 14.4 Å². The first-order chi connectivity index (χ1) is 32.1. The standard InChI is InChI=1S/C38H36NO.C17H20N.Ir/c1-24-19-35(39-23-25(24)2)32-8-6-7-31-34-21-29-10-9-28-20-27(11-12-30(28)33(29)22-36(34)40-37(31)32)26-13-17-38(18-14-26)15-4-3-5-16-38;1-13-5-8-15(9-6-13)16-10-7-14(12-18-16)11-17(2,3)4;/h6-7,9-12,19-23,26H,3-5,13-18H2,1-2H3;5-8,10,12H,11H2,1-4H3;/q2*-1;/i1D,2D3,26D;1D3,11D2;. The van der Waals surface area contributed by atoms with E-state index in [4.69, 9.17) is 16.8 Å². The summed E-state index contributed by atoms with van der Waals surface area (Å²) in [5.41, 5.74) is 6.29. The molecule has 5 aromatic carbocycles. The van der Waals surface area contributed by atoms with E-state index in [9.17, 15) is 1.37 Å². The average Bonchev–Trinajstić information content (AvgIpc) is 3.69. The van der Waals surface area contributed by atoms with Crippen LogP contribution in [-0.4, -0.2) is 9.97 Å². The summed E-state index contributed by atoms with van der Waals surface area (Å²) in [6.07, 6.45) is 12.4. The second-order valence-electron chi connectivity index (χ2n) is 17.5. The van der Waals surface area contributed by atoms with Crippen LogP contribution in [0.25, 0.3) is 66.0 Å². The van der Waals surface area contributed by atoms with Crippen LogP contribution in [0, 0.1) is 43.6 Å². The first-order valence-corrected chi connectivity index (χ1v) is 20.6. The molecule has 0 unspecified atom stereocenters. The fourth-order valence-corrected chi connectivity index (χ4v) is 9.16. The topological polar surface area (TPSA) is 38.9 Å². The van der Waals surface area contributed by atoms with E-state index in [0.29, 0.717) is 44.6 Å². The van der Waals surface area contributed by atoms with Crippen molar-refractivity contribution >= 4 is 43.5 Å². The molecule has 1 radical (unpaired) electrons. The molecular formula is C55H56IrN2O-2. The predicted molar refractivity (Wildman–Crippen MR) is 243 cm³/mol. The number of fused-ring (bicyclic) bond motifs is 6. The molecule has 303 valence electrons. The van der Waals surface area contributed by atoms with E-state index in [0.717, 1.165) is 56.3 Å². The van der Waals surface area contributed by atoms with Crippen molar-refractivity contribution in [1.82, 2.24) is 9.97 Å². The number of aryl methyl sites for hydroxylation is 3. The smallest absolute Gasteiger partial charge is 0.121 e. The van der Waals surface area contributed by atoms with E-state index < -0.39 is 31.4 Å². The zero-order chi connectivity index (χ0) is 48.4. The van der Waals surface area contributed by atoms with Gasteiger partial charge in [0.15, 0.2) is 0 Å². The number of pyridine rings is 2. The summed E-state index contributed by atoms with van der Waals surface area (Å²) in [4.78, 5) is 8.78. The van der Waals surface area contributed by atoms with Gasteiger partial charge in [-0.3, -0.25) is 0 Å². The van der Waals surface area contributed by atoms with E-state index >= 15 is 0 Å². The van der Waals surface area contributed by atoms with Crippen molar-refractivity contribution in [1.29, 1.82) is 0 Å². The van der Waals surface area contributed by atoms with Crippen LogP contribution in [0.15, 0.2) is 108 Å². The predicted octanol–water partition coefficient (Wildman–Crippen LogP) is 15.4. The summed E-state index contributed by atoms with van der Waals surface area (Å²) in [5, 5.41) is 6.46. The summed E-state index contributed by atoms with van der Waals surface area (Å²) >= 11 is 0. The molecule has 0 bridgehead atoms. The number of benzene rings is 5. The van der Waals surface area contributed by atoms with Crippen LogP contribution in [0.5, 0.6) is 0 Å². The molecule has 3 nitrogen and oxygen atoms in total. The Bertz CT molecular complexity index is 3140. The third-order valence-electron chi connectivity index (χ3n) is 12.2. The van der Waals surface area contributed by atoms with Gasteiger partial charge in [0.05, 0.1) is 5.58 Å². The van der Waals surface area contributed by atoms with E-state index in [1.165, 1.54) is 63.4 Å². The average molecular weight is 963 g/mol. The second-order valence-corrected chi connectivity index (χ2v) is 17.5. The largest absolute Gasteiger partial charge is 0.501 e. The first kappa shape index (κ1) is 30.4. The minimum Gasteiger partial charge on any atom is -0.501 e. The zero-order valence-corrected chi connectivity index (χ0v) is 36.4. The Kier molecular flexibility index (Phi) is 8.65. The van der Waals surface area contributed by atoms with Crippen LogP contribution in [0.4, 0.5) is 0 Å². The van der Waals surface area contributed by atoms with Crippen LogP contribution in [0.1, 0.15) is 126 Å². The van der Waals surface area contributed by atoms with Crippen molar-refractivity contribution < 1.29 is 38.2 Å². The number of aromatic nitrogens is 2. The fourth-order valence-electron chi connectivity index (χ4n) is 9.16. The summed E-state index contributed by atoms with van der Waals surface area (Å²) in [7, 11) is 0. The molecule has 4 heteroatoms. The minimum absolute atomic E-state index is 0. The van der Waals surface area contributed by atoms with Gasteiger partial charge in [-0.25, -0.2) is 0 Å². The van der Waals surface area contributed by atoms with Gasteiger partial charge in [-0.2, -0.15) is 0 Å². The molecule has 10 rings (SSSR count). The third-order valence-corrected chi connectivity index (χ3v) is 12.2. The quantitative estimate of drug-likeness (QED) is 0.130. The molecule has 0 aliphatic heterocycles. The Labute approximate surface area is 378 Å². The van der Waals surface area contributed by atoms with Gasteiger partial charge in [0.2, 0.25) is 0 Å². The molecule has 0 saturated heterocycles. The zero-order valence-electron chi connectivity index (χ0n) is 44.0. The minimum atomic E-state index is -2.32. The van der Waals surface area contributed by atoms with Gasteiger partial charge >= 0.3 is 0 Å². The summed E-state index contributed by atoms with van der Waals surface area (Å²) in [6.45, 7) is 0.930. The first-order valence-electron chi connectivity index (χ1n) is 25.8. The molecule has 0 N–H and O–H groups in total. The molecule has 3 heterocycles. The van der Waals surface area contributed by atoms with E-state index in [1.54, 1.807) is 30.3 Å². The Balaban J connectivity index is 0.000000227. The van der Waals surface area contributed by atoms with Gasteiger partial charge in [0.25, 0.3) is 0 Å². The maximum atomic E-state index is 9.47. The molecule has 2 aliphatic rings. The van der Waals surface area contributed by atoms with E-state index in [2.05, 4.69) is 64.6 Å². The van der Waals surface area contributed by atoms with Crippen molar-refractivity contribution in [2.75, 3.05) is 0 Å². The van der Waals surface area contributed by atoms with Crippen molar-refractivity contribution in [2.24, 2.45) is 10.8 Å². The van der Waals surface area contributed by atoms with Gasteiger partial charge in [-0.15, -0.1) is 53.6 Å². The Morgan fingerprint density at radius 3 is 2.29 bits per heavy atom.